The number of methoxy groups -OCH3 is 3. The van der Waals surface area contributed by atoms with Crippen LogP contribution < -0.4 is 5.32 Å². The van der Waals surface area contributed by atoms with Gasteiger partial charge in [0.15, 0.2) is 13.7 Å². The van der Waals surface area contributed by atoms with Crippen molar-refractivity contribution in [2.24, 2.45) is 10.8 Å². The van der Waals surface area contributed by atoms with E-state index in [0.717, 1.165) is 5.56 Å². The molecule has 1 aliphatic carbocycles. The molecule has 0 aromatic heterocycles. The maximum absolute atomic E-state index is 13.1. The van der Waals surface area contributed by atoms with Crippen LogP contribution in [0.1, 0.15) is 52.0 Å². The molecule has 8 nitrogen and oxygen atoms in total. The first kappa shape index (κ1) is 35.2. The lowest BCUT2D eigenvalue weighted by Gasteiger charge is -2.40. The van der Waals surface area contributed by atoms with Crippen LogP contribution in [-0.4, -0.2) is 59.7 Å². The fourth-order valence-electron chi connectivity index (χ4n) is 4.95. The van der Waals surface area contributed by atoms with Crippen LogP contribution in [-0.2, 0) is 39.6 Å². The SMILES string of the molecule is C=C[C@@]1(O[Si](C)(C)C(C)(C)C)C[C@@]1(C/C=C/CC(C/C=C/CNCc1ccccc1)(C(=O)OC)C(=O)OC)C(=O)OC. The van der Waals surface area contributed by atoms with Gasteiger partial charge >= 0.3 is 17.9 Å². The summed E-state index contributed by atoms with van der Waals surface area (Å²) in [4.78, 5) is 39.1. The van der Waals surface area contributed by atoms with Gasteiger partial charge in [0.2, 0.25) is 0 Å². The molecule has 0 unspecified atom stereocenters. The average molecular weight is 600 g/mol. The van der Waals surface area contributed by atoms with Crippen molar-refractivity contribution in [2.45, 2.75) is 76.7 Å². The van der Waals surface area contributed by atoms with Gasteiger partial charge in [-0.3, -0.25) is 14.4 Å². The Kier molecular flexibility index (Phi) is 12.1. The minimum atomic E-state index is -2.25. The molecule has 0 bridgehead atoms. The highest BCUT2D eigenvalue weighted by Crippen LogP contribution is 2.65. The van der Waals surface area contributed by atoms with Crippen molar-refractivity contribution in [2.75, 3.05) is 27.9 Å². The van der Waals surface area contributed by atoms with E-state index in [9.17, 15) is 14.4 Å². The summed E-state index contributed by atoms with van der Waals surface area (Å²) in [5.41, 5.74) is -2.18. The van der Waals surface area contributed by atoms with E-state index < -0.39 is 36.7 Å². The zero-order valence-electron chi connectivity index (χ0n) is 26.6. The zero-order chi connectivity index (χ0) is 31.7. The van der Waals surface area contributed by atoms with Crippen LogP contribution in [0.4, 0.5) is 0 Å². The molecule has 0 amide bonds. The van der Waals surface area contributed by atoms with Gasteiger partial charge in [-0.05, 0) is 49.4 Å². The van der Waals surface area contributed by atoms with Gasteiger partial charge < -0.3 is 24.0 Å². The summed E-state index contributed by atoms with van der Waals surface area (Å²) in [5.74, 6) is -1.74. The van der Waals surface area contributed by atoms with E-state index >= 15 is 0 Å². The van der Waals surface area contributed by atoms with Gasteiger partial charge in [-0.2, -0.15) is 0 Å². The number of ether oxygens (including phenoxy) is 3. The van der Waals surface area contributed by atoms with Crippen LogP contribution in [0.2, 0.25) is 18.1 Å². The third-order valence-corrected chi connectivity index (χ3v) is 13.2. The molecule has 2 atom stereocenters. The maximum Gasteiger partial charge on any atom is 0.323 e. The summed E-state index contributed by atoms with van der Waals surface area (Å²) in [6.07, 6.45) is 9.81. The Labute approximate surface area is 252 Å². The Morgan fingerprint density at radius 3 is 2.00 bits per heavy atom. The predicted octanol–water partition coefficient (Wildman–Crippen LogP) is 5.90. The van der Waals surface area contributed by atoms with E-state index in [1.54, 1.807) is 18.2 Å². The minimum Gasteiger partial charge on any atom is -0.468 e. The number of carbonyl (C=O) groups excluding carboxylic acids is 3. The highest BCUT2D eigenvalue weighted by atomic mass is 28.4. The van der Waals surface area contributed by atoms with Gasteiger partial charge in [-0.25, -0.2) is 0 Å². The molecule has 9 heteroatoms. The third kappa shape index (κ3) is 7.68. The van der Waals surface area contributed by atoms with E-state index in [0.29, 0.717) is 25.9 Å². The van der Waals surface area contributed by atoms with Crippen LogP contribution >= 0.6 is 0 Å². The number of hydrogen-bond acceptors (Lipinski definition) is 8. The van der Waals surface area contributed by atoms with Crippen molar-refractivity contribution in [1.82, 2.24) is 5.32 Å². The second-order valence-electron chi connectivity index (χ2n) is 12.4. The van der Waals surface area contributed by atoms with Crippen LogP contribution in [0.3, 0.4) is 0 Å². The van der Waals surface area contributed by atoms with Gasteiger partial charge in [-0.15, -0.1) is 6.58 Å². The van der Waals surface area contributed by atoms with Gasteiger partial charge in [0, 0.05) is 13.1 Å². The Morgan fingerprint density at radius 2 is 1.50 bits per heavy atom. The normalized spacial score (nSPS) is 20.9. The summed E-state index contributed by atoms with van der Waals surface area (Å²) < 4.78 is 22.0. The van der Waals surface area contributed by atoms with Crippen molar-refractivity contribution < 1.29 is 33.0 Å². The first-order valence-corrected chi connectivity index (χ1v) is 17.3. The van der Waals surface area contributed by atoms with Crippen molar-refractivity contribution >= 4 is 26.2 Å². The van der Waals surface area contributed by atoms with E-state index in [2.05, 4.69) is 45.8 Å². The largest absolute Gasteiger partial charge is 0.468 e. The number of benzene rings is 1. The first-order valence-electron chi connectivity index (χ1n) is 14.3. The highest BCUT2D eigenvalue weighted by molar-refractivity contribution is 6.74. The lowest BCUT2D eigenvalue weighted by Crippen LogP contribution is -2.46. The molecule has 1 saturated carbocycles. The minimum absolute atomic E-state index is 0.0373. The molecule has 2 rings (SSSR count). The zero-order valence-corrected chi connectivity index (χ0v) is 27.6. The van der Waals surface area contributed by atoms with Gasteiger partial charge in [0.1, 0.15) is 5.41 Å². The molecule has 0 saturated heterocycles. The molecule has 0 heterocycles. The summed E-state index contributed by atoms with van der Waals surface area (Å²) in [7, 11) is 1.63. The topological polar surface area (TPSA) is 100 Å². The number of esters is 3. The van der Waals surface area contributed by atoms with Crippen molar-refractivity contribution in [3.63, 3.8) is 0 Å². The van der Waals surface area contributed by atoms with Crippen LogP contribution in [0, 0.1) is 10.8 Å². The first-order chi connectivity index (χ1) is 19.7. The van der Waals surface area contributed by atoms with Gasteiger partial charge in [-0.1, -0.05) is 81.5 Å². The predicted molar refractivity (Wildman–Crippen MR) is 167 cm³/mol. The molecule has 1 N–H and O–H groups in total. The lowest BCUT2D eigenvalue weighted by molar-refractivity contribution is -0.168. The Morgan fingerprint density at radius 1 is 0.929 bits per heavy atom. The molecule has 1 aromatic carbocycles. The number of carbonyl (C=O) groups is 3. The molecule has 0 aliphatic heterocycles. The molecule has 1 fully saturated rings. The number of allylic oxidation sites excluding steroid dienone is 3. The smallest absolute Gasteiger partial charge is 0.323 e. The second-order valence-corrected chi connectivity index (χ2v) is 17.2. The molecule has 1 aliphatic rings. The molecule has 1 aromatic rings. The van der Waals surface area contributed by atoms with E-state index in [1.807, 2.05) is 42.5 Å². The van der Waals surface area contributed by atoms with Gasteiger partial charge in [0.25, 0.3) is 0 Å². The molecule has 0 spiro atoms. The summed E-state index contributed by atoms with van der Waals surface area (Å²) in [5, 5.41) is 3.25. The fourth-order valence-corrected chi connectivity index (χ4v) is 6.52. The fraction of sp³-hybridized carbons (Fsp3) is 0.545. The third-order valence-electron chi connectivity index (χ3n) is 8.72. The van der Waals surface area contributed by atoms with Crippen molar-refractivity contribution in [3.05, 3.63) is 72.9 Å². The number of nitrogens with one attached hydrogen (secondary N) is 1. The number of hydrogen-bond donors (Lipinski definition) is 1. The second kappa shape index (κ2) is 14.4. The Hall–Kier alpha value is -3.01. The monoisotopic (exact) mass is 599 g/mol. The Balaban J connectivity index is 2.20. The van der Waals surface area contributed by atoms with Crippen LogP contribution in [0.5, 0.6) is 0 Å². The van der Waals surface area contributed by atoms with Crippen molar-refractivity contribution in [1.29, 1.82) is 0 Å². The van der Waals surface area contributed by atoms with Gasteiger partial charge in [0.05, 0.1) is 26.9 Å². The molecular weight excluding hydrogens is 550 g/mol. The summed E-state index contributed by atoms with van der Waals surface area (Å²) in [6, 6.07) is 10.0. The molecule has 232 valence electrons. The van der Waals surface area contributed by atoms with Crippen LogP contribution in [0.25, 0.3) is 0 Å². The lowest BCUT2D eigenvalue weighted by atomic mass is 9.80. The maximum atomic E-state index is 13.1. The van der Waals surface area contributed by atoms with Crippen molar-refractivity contribution in [3.8, 4) is 0 Å². The standard InChI is InChI=1S/C33H49NO7Si/c1-10-33(41-42(8,9)30(2,3)4)25-32(33,29(37)40-7)22-15-14-20-31(27(35)38-5,28(36)39-6)21-16-17-23-34-24-26-18-12-11-13-19-26/h10-19,34H,1,20-25H2,2-9H3/b15-14+,17-16+/t32-,33+/m0/s1. The summed E-state index contributed by atoms with van der Waals surface area (Å²) >= 11 is 0. The molecule has 0 radical (unpaired) electrons. The number of rotatable bonds is 16. The molecule has 42 heavy (non-hydrogen) atoms. The van der Waals surface area contributed by atoms with Crippen LogP contribution in [0.15, 0.2) is 67.3 Å². The van der Waals surface area contributed by atoms with E-state index in [4.69, 9.17) is 18.6 Å². The van der Waals surface area contributed by atoms with E-state index in [-0.39, 0.29) is 23.8 Å². The summed E-state index contributed by atoms with van der Waals surface area (Å²) in [6.45, 7) is 16.0. The average Bonchev–Trinajstić information content (AvgIpc) is 3.61. The highest BCUT2D eigenvalue weighted by Gasteiger charge is 2.73. The molecular formula is C33H49NO7Si. The van der Waals surface area contributed by atoms with E-state index in [1.165, 1.54) is 21.3 Å². The Bertz CT molecular complexity index is 1140. The quantitative estimate of drug-likeness (QED) is 0.0626.